The second kappa shape index (κ2) is 4.49. The molecule has 1 N–H and O–H groups in total. The molecule has 1 aromatic heterocycles. The number of aromatic nitrogens is 1. The molecular weight excluding hydrogens is 236 g/mol. The van der Waals surface area contributed by atoms with Crippen molar-refractivity contribution in [1.82, 2.24) is 10.3 Å². The number of piperidine rings is 1. The highest BCUT2D eigenvalue weighted by molar-refractivity contribution is 5.86. The first-order valence-electron chi connectivity index (χ1n) is 7.15. The standard InChI is InChI=1S/C16H18N2O/c1-2-4-15-11(3-1)7-8-17-16(15)19-14-9-12-5-6-13(10-14)18-12/h1-4,7-8,12-14,18H,5-6,9-10H2. The fourth-order valence-electron chi connectivity index (χ4n) is 3.44. The quantitative estimate of drug-likeness (QED) is 0.894. The Morgan fingerprint density at radius 2 is 1.84 bits per heavy atom. The maximum Gasteiger partial charge on any atom is 0.221 e. The maximum atomic E-state index is 6.20. The Morgan fingerprint density at radius 1 is 1.05 bits per heavy atom. The Bertz CT molecular complexity index is 581. The molecule has 2 saturated heterocycles. The van der Waals surface area contributed by atoms with E-state index >= 15 is 0 Å². The normalized spacial score (nSPS) is 29.6. The number of nitrogens with zero attached hydrogens (tertiary/aromatic N) is 1. The first kappa shape index (κ1) is 11.2. The highest BCUT2D eigenvalue weighted by Crippen LogP contribution is 2.31. The van der Waals surface area contributed by atoms with Gasteiger partial charge in [0, 0.05) is 23.7 Å². The molecule has 0 aliphatic carbocycles. The van der Waals surface area contributed by atoms with Gasteiger partial charge in [-0.3, -0.25) is 0 Å². The number of pyridine rings is 1. The molecule has 2 bridgehead atoms. The van der Waals surface area contributed by atoms with Gasteiger partial charge in [-0.1, -0.05) is 18.2 Å². The summed E-state index contributed by atoms with van der Waals surface area (Å²) in [6.45, 7) is 0. The molecule has 4 rings (SSSR count). The molecule has 0 spiro atoms. The first-order valence-corrected chi connectivity index (χ1v) is 7.15. The van der Waals surface area contributed by atoms with E-state index in [1.54, 1.807) is 0 Å². The Hall–Kier alpha value is -1.61. The van der Waals surface area contributed by atoms with E-state index in [4.69, 9.17) is 4.74 Å². The molecular formula is C16H18N2O. The van der Waals surface area contributed by atoms with Gasteiger partial charge in [0.25, 0.3) is 0 Å². The zero-order chi connectivity index (χ0) is 12.7. The Balaban J connectivity index is 1.61. The second-order valence-electron chi connectivity index (χ2n) is 5.69. The molecule has 19 heavy (non-hydrogen) atoms. The molecule has 2 aromatic rings. The average Bonchev–Trinajstić information content (AvgIpc) is 2.78. The van der Waals surface area contributed by atoms with Gasteiger partial charge in [-0.05, 0) is 43.2 Å². The first-order chi connectivity index (χ1) is 9.38. The van der Waals surface area contributed by atoms with Crippen molar-refractivity contribution in [3.63, 3.8) is 0 Å². The summed E-state index contributed by atoms with van der Waals surface area (Å²) < 4.78 is 6.20. The van der Waals surface area contributed by atoms with Crippen LogP contribution < -0.4 is 10.1 Å². The summed E-state index contributed by atoms with van der Waals surface area (Å²) in [5, 5.41) is 5.96. The molecule has 2 unspecified atom stereocenters. The van der Waals surface area contributed by atoms with Crippen molar-refractivity contribution in [2.45, 2.75) is 43.9 Å². The van der Waals surface area contributed by atoms with Crippen LogP contribution in [0.3, 0.4) is 0 Å². The van der Waals surface area contributed by atoms with Crippen LogP contribution in [0.2, 0.25) is 0 Å². The molecule has 2 aliphatic rings. The van der Waals surface area contributed by atoms with Crippen LogP contribution in [0.4, 0.5) is 0 Å². The molecule has 2 atom stereocenters. The van der Waals surface area contributed by atoms with Gasteiger partial charge in [-0.15, -0.1) is 0 Å². The molecule has 98 valence electrons. The number of benzene rings is 1. The minimum atomic E-state index is 0.317. The zero-order valence-corrected chi connectivity index (χ0v) is 10.9. The van der Waals surface area contributed by atoms with E-state index in [0.717, 1.165) is 24.1 Å². The molecule has 0 amide bonds. The molecule has 3 heteroatoms. The summed E-state index contributed by atoms with van der Waals surface area (Å²) >= 11 is 0. The highest BCUT2D eigenvalue weighted by atomic mass is 16.5. The van der Waals surface area contributed by atoms with Crippen molar-refractivity contribution in [2.75, 3.05) is 0 Å². The predicted octanol–water partition coefficient (Wildman–Crippen LogP) is 2.90. The van der Waals surface area contributed by atoms with E-state index in [1.165, 1.54) is 18.2 Å². The summed E-state index contributed by atoms with van der Waals surface area (Å²) in [5.41, 5.74) is 0. The van der Waals surface area contributed by atoms with Crippen LogP contribution in [0.25, 0.3) is 10.8 Å². The van der Waals surface area contributed by atoms with Crippen LogP contribution >= 0.6 is 0 Å². The maximum absolute atomic E-state index is 6.20. The molecule has 3 heterocycles. The number of fused-ring (bicyclic) bond motifs is 3. The molecule has 2 aliphatic heterocycles. The number of hydrogen-bond donors (Lipinski definition) is 1. The van der Waals surface area contributed by atoms with Crippen molar-refractivity contribution in [3.05, 3.63) is 36.5 Å². The van der Waals surface area contributed by atoms with Crippen molar-refractivity contribution in [3.8, 4) is 5.88 Å². The van der Waals surface area contributed by atoms with Crippen LogP contribution in [0.1, 0.15) is 25.7 Å². The lowest BCUT2D eigenvalue weighted by atomic mass is 10.0. The number of rotatable bonds is 2. The third-order valence-corrected chi connectivity index (χ3v) is 4.35. The lowest BCUT2D eigenvalue weighted by Gasteiger charge is -2.29. The van der Waals surface area contributed by atoms with Crippen molar-refractivity contribution >= 4 is 10.8 Å². The van der Waals surface area contributed by atoms with Gasteiger partial charge in [0.05, 0.1) is 0 Å². The van der Waals surface area contributed by atoms with Crippen molar-refractivity contribution in [2.24, 2.45) is 0 Å². The summed E-state index contributed by atoms with van der Waals surface area (Å²) in [6.07, 6.45) is 6.98. The number of nitrogens with one attached hydrogen (secondary N) is 1. The average molecular weight is 254 g/mol. The van der Waals surface area contributed by atoms with Gasteiger partial charge in [-0.25, -0.2) is 4.98 Å². The second-order valence-corrected chi connectivity index (χ2v) is 5.69. The van der Waals surface area contributed by atoms with E-state index < -0.39 is 0 Å². The Morgan fingerprint density at radius 3 is 2.68 bits per heavy atom. The largest absolute Gasteiger partial charge is 0.474 e. The SMILES string of the molecule is c1ccc2c(OC3CC4CCC(C3)N4)nccc2c1. The Kier molecular flexibility index (Phi) is 2.66. The fraction of sp³-hybridized carbons (Fsp3) is 0.438. The highest BCUT2D eigenvalue weighted by Gasteiger charge is 2.34. The fourth-order valence-corrected chi connectivity index (χ4v) is 3.44. The lowest BCUT2D eigenvalue weighted by molar-refractivity contribution is 0.134. The van der Waals surface area contributed by atoms with Gasteiger partial charge < -0.3 is 10.1 Å². The smallest absolute Gasteiger partial charge is 0.221 e. The predicted molar refractivity (Wildman–Crippen MR) is 75.3 cm³/mol. The summed E-state index contributed by atoms with van der Waals surface area (Å²) in [6, 6.07) is 11.6. The van der Waals surface area contributed by atoms with Gasteiger partial charge in [-0.2, -0.15) is 0 Å². The lowest BCUT2D eigenvalue weighted by Crippen LogP contribution is -2.42. The number of hydrogen-bond acceptors (Lipinski definition) is 3. The van der Waals surface area contributed by atoms with Crippen molar-refractivity contribution in [1.29, 1.82) is 0 Å². The van der Waals surface area contributed by atoms with Gasteiger partial charge in [0.2, 0.25) is 5.88 Å². The van der Waals surface area contributed by atoms with Crippen LogP contribution in [-0.2, 0) is 0 Å². The summed E-state index contributed by atoms with van der Waals surface area (Å²) in [5.74, 6) is 0.796. The minimum Gasteiger partial charge on any atom is -0.474 e. The Labute approximate surface area is 113 Å². The molecule has 1 aromatic carbocycles. The van der Waals surface area contributed by atoms with Crippen LogP contribution in [0, 0.1) is 0 Å². The molecule has 2 fully saturated rings. The molecule has 0 radical (unpaired) electrons. The van der Waals surface area contributed by atoms with Gasteiger partial charge >= 0.3 is 0 Å². The van der Waals surface area contributed by atoms with Crippen LogP contribution in [-0.4, -0.2) is 23.2 Å². The summed E-state index contributed by atoms with van der Waals surface area (Å²) in [4.78, 5) is 4.43. The zero-order valence-electron chi connectivity index (χ0n) is 10.9. The molecule has 0 saturated carbocycles. The van der Waals surface area contributed by atoms with Crippen LogP contribution in [0.15, 0.2) is 36.5 Å². The van der Waals surface area contributed by atoms with Gasteiger partial charge in [0.1, 0.15) is 6.10 Å². The van der Waals surface area contributed by atoms with E-state index in [-0.39, 0.29) is 0 Å². The van der Waals surface area contributed by atoms with Crippen LogP contribution in [0.5, 0.6) is 5.88 Å². The summed E-state index contributed by atoms with van der Waals surface area (Å²) in [7, 11) is 0. The number of ether oxygens (including phenoxy) is 1. The third-order valence-electron chi connectivity index (χ3n) is 4.35. The van der Waals surface area contributed by atoms with E-state index in [9.17, 15) is 0 Å². The topological polar surface area (TPSA) is 34.1 Å². The third kappa shape index (κ3) is 2.08. The minimum absolute atomic E-state index is 0.317. The van der Waals surface area contributed by atoms with E-state index in [1.807, 2.05) is 18.3 Å². The van der Waals surface area contributed by atoms with E-state index in [2.05, 4.69) is 28.5 Å². The monoisotopic (exact) mass is 254 g/mol. The van der Waals surface area contributed by atoms with Crippen molar-refractivity contribution < 1.29 is 4.74 Å². The molecule has 3 nitrogen and oxygen atoms in total. The van der Waals surface area contributed by atoms with Gasteiger partial charge in [0.15, 0.2) is 0 Å². The van der Waals surface area contributed by atoms with E-state index in [0.29, 0.717) is 18.2 Å².